The van der Waals surface area contributed by atoms with Crippen molar-refractivity contribution in [3.05, 3.63) is 29.8 Å². The first-order valence-corrected chi connectivity index (χ1v) is 8.36. The van der Waals surface area contributed by atoms with Gasteiger partial charge in [-0.05, 0) is 44.7 Å². The lowest BCUT2D eigenvalue weighted by Gasteiger charge is -2.36. The lowest BCUT2D eigenvalue weighted by molar-refractivity contribution is -0.135. The molecular weight excluding hydrogens is 260 g/mol. The van der Waals surface area contributed by atoms with E-state index in [1.54, 1.807) is 0 Å². The number of rotatable bonds is 3. The molecule has 1 heterocycles. The molecule has 0 radical (unpaired) electrons. The molecule has 114 valence electrons. The number of hydrogen-bond donors (Lipinski definition) is 1. The maximum absolute atomic E-state index is 13.1. The van der Waals surface area contributed by atoms with Gasteiger partial charge >= 0.3 is 0 Å². The number of benzene rings is 1. The van der Waals surface area contributed by atoms with E-state index in [1.165, 1.54) is 31.2 Å². The zero-order chi connectivity index (χ0) is 14.8. The molecule has 1 saturated carbocycles. The summed E-state index contributed by atoms with van der Waals surface area (Å²) >= 11 is 0. The summed E-state index contributed by atoms with van der Waals surface area (Å²) < 4.78 is 0. The Morgan fingerprint density at radius 3 is 2.71 bits per heavy atom. The smallest absolute Gasteiger partial charge is 0.230 e. The number of fused-ring (bicyclic) bond motifs is 1. The summed E-state index contributed by atoms with van der Waals surface area (Å²) in [6.45, 7) is 5.12. The average molecular weight is 286 g/mol. The highest BCUT2D eigenvalue weighted by atomic mass is 16.2. The number of nitrogens with one attached hydrogen (secondary N) is 1. The quantitative estimate of drug-likeness (QED) is 0.917. The van der Waals surface area contributed by atoms with Crippen LogP contribution >= 0.6 is 0 Å². The largest absolute Gasteiger partial charge is 0.382 e. The van der Waals surface area contributed by atoms with Crippen LogP contribution in [0.25, 0.3) is 0 Å². The Morgan fingerprint density at radius 2 is 2.00 bits per heavy atom. The van der Waals surface area contributed by atoms with Gasteiger partial charge in [0.05, 0.1) is 5.92 Å². The number of para-hydroxylation sites is 1. The second-order valence-corrected chi connectivity index (χ2v) is 6.48. The maximum atomic E-state index is 13.1. The van der Waals surface area contributed by atoms with Gasteiger partial charge in [-0.2, -0.15) is 0 Å². The minimum atomic E-state index is 0.0259. The number of carbonyl (C=O) groups is 1. The van der Waals surface area contributed by atoms with E-state index in [0.717, 1.165) is 18.7 Å². The zero-order valence-corrected chi connectivity index (χ0v) is 13.1. The SMILES string of the molecule is CCN(C(=O)C1CC(C)Nc2ccccc21)C1CCCC1. The van der Waals surface area contributed by atoms with Crippen molar-refractivity contribution >= 4 is 11.6 Å². The van der Waals surface area contributed by atoms with E-state index in [4.69, 9.17) is 0 Å². The van der Waals surface area contributed by atoms with Crippen molar-refractivity contribution in [2.45, 2.75) is 64.0 Å². The molecule has 2 atom stereocenters. The van der Waals surface area contributed by atoms with E-state index in [0.29, 0.717) is 18.0 Å². The Balaban J connectivity index is 1.86. The van der Waals surface area contributed by atoms with Gasteiger partial charge in [-0.3, -0.25) is 4.79 Å². The van der Waals surface area contributed by atoms with Gasteiger partial charge in [0.2, 0.25) is 5.91 Å². The van der Waals surface area contributed by atoms with Gasteiger partial charge in [-0.25, -0.2) is 0 Å². The highest BCUT2D eigenvalue weighted by Crippen LogP contribution is 2.36. The van der Waals surface area contributed by atoms with Crippen molar-refractivity contribution in [2.75, 3.05) is 11.9 Å². The summed E-state index contributed by atoms with van der Waals surface area (Å²) in [5.41, 5.74) is 2.31. The number of hydrogen-bond acceptors (Lipinski definition) is 2. The van der Waals surface area contributed by atoms with E-state index >= 15 is 0 Å². The molecule has 1 aromatic rings. The number of amides is 1. The normalized spacial score (nSPS) is 25.2. The Morgan fingerprint density at radius 1 is 1.29 bits per heavy atom. The number of likely N-dealkylation sites (N-methyl/N-ethyl adjacent to an activating group) is 1. The molecule has 1 fully saturated rings. The van der Waals surface area contributed by atoms with Gasteiger partial charge in [-0.1, -0.05) is 31.0 Å². The molecule has 0 saturated heterocycles. The van der Waals surface area contributed by atoms with Crippen molar-refractivity contribution in [1.82, 2.24) is 4.90 Å². The molecule has 1 aliphatic carbocycles. The van der Waals surface area contributed by atoms with Crippen molar-refractivity contribution in [1.29, 1.82) is 0 Å². The third-order valence-electron chi connectivity index (χ3n) is 5.01. The fourth-order valence-corrected chi connectivity index (χ4v) is 3.98. The van der Waals surface area contributed by atoms with Gasteiger partial charge in [0, 0.05) is 24.3 Å². The molecule has 1 amide bonds. The maximum Gasteiger partial charge on any atom is 0.230 e. The van der Waals surface area contributed by atoms with Gasteiger partial charge < -0.3 is 10.2 Å². The first-order chi connectivity index (χ1) is 10.2. The van der Waals surface area contributed by atoms with E-state index in [2.05, 4.69) is 36.2 Å². The second kappa shape index (κ2) is 6.08. The second-order valence-electron chi connectivity index (χ2n) is 6.48. The van der Waals surface area contributed by atoms with Gasteiger partial charge in [-0.15, -0.1) is 0 Å². The molecule has 21 heavy (non-hydrogen) atoms. The highest BCUT2D eigenvalue weighted by molar-refractivity contribution is 5.86. The lowest BCUT2D eigenvalue weighted by Crippen LogP contribution is -2.43. The summed E-state index contributed by atoms with van der Waals surface area (Å²) in [5.74, 6) is 0.364. The fraction of sp³-hybridized carbons (Fsp3) is 0.611. The Labute approximate surface area is 127 Å². The first kappa shape index (κ1) is 14.4. The molecule has 3 heteroatoms. The summed E-state index contributed by atoms with van der Waals surface area (Å²) in [6, 6.07) is 9.12. The van der Waals surface area contributed by atoms with Gasteiger partial charge in [0.15, 0.2) is 0 Å². The van der Waals surface area contributed by atoms with Crippen LogP contribution in [0.2, 0.25) is 0 Å². The van der Waals surface area contributed by atoms with Crippen LogP contribution in [0, 0.1) is 0 Å². The van der Waals surface area contributed by atoms with Crippen molar-refractivity contribution in [3.8, 4) is 0 Å². The van der Waals surface area contributed by atoms with Crippen molar-refractivity contribution in [2.24, 2.45) is 0 Å². The molecule has 0 spiro atoms. The molecule has 3 rings (SSSR count). The van der Waals surface area contributed by atoms with Crippen LogP contribution in [0.3, 0.4) is 0 Å². The van der Waals surface area contributed by atoms with Crippen molar-refractivity contribution in [3.63, 3.8) is 0 Å². The molecule has 0 aromatic heterocycles. The van der Waals surface area contributed by atoms with Gasteiger partial charge in [0.25, 0.3) is 0 Å². The Bertz CT molecular complexity index is 508. The number of carbonyl (C=O) groups excluding carboxylic acids is 1. The molecule has 2 unspecified atom stereocenters. The zero-order valence-electron chi connectivity index (χ0n) is 13.1. The summed E-state index contributed by atoms with van der Waals surface area (Å²) in [5, 5.41) is 3.50. The highest BCUT2D eigenvalue weighted by Gasteiger charge is 2.35. The number of anilines is 1. The standard InChI is InChI=1S/C18H26N2O/c1-3-20(14-8-4-5-9-14)18(21)16-12-13(2)19-17-11-7-6-10-15(16)17/h6-7,10-11,13-14,16,19H,3-5,8-9,12H2,1-2H3. The molecule has 2 aliphatic rings. The molecular formula is C18H26N2O. The van der Waals surface area contributed by atoms with E-state index in [1.807, 2.05) is 12.1 Å². The molecule has 1 N–H and O–H groups in total. The molecule has 0 bridgehead atoms. The molecule has 3 nitrogen and oxygen atoms in total. The lowest BCUT2D eigenvalue weighted by atomic mass is 9.86. The minimum absolute atomic E-state index is 0.0259. The van der Waals surface area contributed by atoms with E-state index in [9.17, 15) is 4.79 Å². The summed E-state index contributed by atoms with van der Waals surface area (Å²) in [4.78, 5) is 15.3. The van der Waals surface area contributed by atoms with Crippen LogP contribution in [0.15, 0.2) is 24.3 Å². The molecule has 1 aromatic carbocycles. The van der Waals surface area contributed by atoms with Crippen LogP contribution in [-0.4, -0.2) is 29.4 Å². The van der Waals surface area contributed by atoms with Crippen LogP contribution in [0.4, 0.5) is 5.69 Å². The minimum Gasteiger partial charge on any atom is -0.382 e. The summed E-state index contributed by atoms with van der Waals surface area (Å²) in [7, 11) is 0. The Hall–Kier alpha value is -1.51. The first-order valence-electron chi connectivity index (χ1n) is 8.36. The topological polar surface area (TPSA) is 32.3 Å². The van der Waals surface area contributed by atoms with E-state index in [-0.39, 0.29) is 5.92 Å². The predicted octanol–water partition coefficient (Wildman–Crippen LogP) is 3.77. The Kier molecular flexibility index (Phi) is 4.18. The monoisotopic (exact) mass is 286 g/mol. The summed E-state index contributed by atoms with van der Waals surface area (Å²) in [6.07, 6.45) is 5.81. The number of nitrogens with zero attached hydrogens (tertiary/aromatic N) is 1. The average Bonchev–Trinajstić information content (AvgIpc) is 3.01. The van der Waals surface area contributed by atoms with Crippen LogP contribution in [-0.2, 0) is 4.79 Å². The van der Waals surface area contributed by atoms with Crippen LogP contribution < -0.4 is 5.32 Å². The predicted molar refractivity (Wildman–Crippen MR) is 86.5 cm³/mol. The van der Waals surface area contributed by atoms with Crippen LogP contribution in [0.1, 0.15) is 57.4 Å². The van der Waals surface area contributed by atoms with E-state index < -0.39 is 0 Å². The molecule has 1 aliphatic heterocycles. The van der Waals surface area contributed by atoms with Gasteiger partial charge in [0.1, 0.15) is 0 Å². The third-order valence-corrected chi connectivity index (χ3v) is 5.01. The van der Waals surface area contributed by atoms with Crippen molar-refractivity contribution < 1.29 is 4.79 Å². The third kappa shape index (κ3) is 2.78. The fourth-order valence-electron chi connectivity index (χ4n) is 3.98. The van der Waals surface area contributed by atoms with Crippen LogP contribution in [0.5, 0.6) is 0 Å².